The zero-order chi connectivity index (χ0) is 23.5. The van der Waals surface area contributed by atoms with Crippen LogP contribution in [0.15, 0.2) is 65.7 Å². The fourth-order valence-electron chi connectivity index (χ4n) is 4.63. The monoisotopic (exact) mass is 448 g/mol. The lowest BCUT2D eigenvalue weighted by Crippen LogP contribution is -2.36. The molecule has 8 heteroatoms. The summed E-state index contributed by atoms with van der Waals surface area (Å²) >= 11 is 0. The average molecular weight is 449 g/mol. The zero-order valence-corrected chi connectivity index (χ0v) is 19.6. The number of hydrogen-bond acceptors (Lipinski definition) is 4. The molecular formula is C25H32N6O2. The van der Waals surface area contributed by atoms with Crippen LogP contribution in [0.4, 0.5) is 4.79 Å². The van der Waals surface area contributed by atoms with Crippen LogP contribution in [-0.4, -0.2) is 53.6 Å². The number of likely N-dealkylation sites (N-methyl/N-ethyl adjacent to an activating group) is 1. The van der Waals surface area contributed by atoms with Crippen molar-refractivity contribution in [3.8, 4) is 0 Å². The number of aromatic nitrogens is 2. The Morgan fingerprint density at radius 2 is 2.00 bits per heavy atom. The summed E-state index contributed by atoms with van der Waals surface area (Å²) in [6.07, 6.45) is 17.6. The fourth-order valence-corrected chi connectivity index (χ4v) is 4.63. The van der Waals surface area contributed by atoms with Gasteiger partial charge in [-0.1, -0.05) is 30.4 Å². The second-order valence-corrected chi connectivity index (χ2v) is 8.93. The molecule has 0 spiro atoms. The summed E-state index contributed by atoms with van der Waals surface area (Å²) in [6.45, 7) is 2.85. The summed E-state index contributed by atoms with van der Waals surface area (Å²) in [5.41, 5.74) is 3.39. The van der Waals surface area contributed by atoms with Crippen LogP contribution < -0.4 is 16.0 Å². The molecule has 3 unspecified atom stereocenters. The molecule has 3 N–H and O–H groups in total. The third-order valence-electron chi connectivity index (χ3n) is 6.64. The summed E-state index contributed by atoms with van der Waals surface area (Å²) < 4.78 is 2.07. The number of fused-ring (bicyclic) bond motifs is 1. The van der Waals surface area contributed by atoms with Crippen molar-refractivity contribution in [3.63, 3.8) is 0 Å². The van der Waals surface area contributed by atoms with Gasteiger partial charge >= 0.3 is 6.03 Å². The number of hydrogen-bond donors (Lipinski definition) is 3. The van der Waals surface area contributed by atoms with Crippen molar-refractivity contribution in [2.75, 3.05) is 21.1 Å². The molecule has 3 aliphatic rings. The number of carbonyl (C=O) groups excluding carboxylic acids is 2. The molecule has 0 aromatic carbocycles. The summed E-state index contributed by atoms with van der Waals surface area (Å²) in [5.74, 6) is 1.03. The third kappa shape index (κ3) is 4.85. The highest BCUT2D eigenvalue weighted by atomic mass is 16.2. The van der Waals surface area contributed by atoms with E-state index in [-0.39, 0.29) is 23.8 Å². The maximum Gasteiger partial charge on any atom is 0.319 e. The van der Waals surface area contributed by atoms with Crippen LogP contribution in [0.5, 0.6) is 0 Å². The predicted molar refractivity (Wildman–Crippen MR) is 129 cm³/mol. The summed E-state index contributed by atoms with van der Waals surface area (Å²) in [4.78, 5) is 31.4. The lowest BCUT2D eigenvalue weighted by molar-refractivity contribution is -0.116. The predicted octanol–water partition coefficient (Wildman–Crippen LogP) is 2.57. The van der Waals surface area contributed by atoms with Gasteiger partial charge in [-0.3, -0.25) is 4.79 Å². The fraction of sp³-hybridized carbons (Fsp3) is 0.400. The SMILES string of the molecule is CNC(=O)NC1=CC(C2CC=CC(NC(=O)C3=CCC(N(C)C)C=C3)=C2C)Cn2ccnc21. The lowest BCUT2D eigenvalue weighted by Gasteiger charge is -2.32. The van der Waals surface area contributed by atoms with Crippen LogP contribution in [-0.2, 0) is 11.3 Å². The van der Waals surface area contributed by atoms with Gasteiger partial charge in [-0.25, -0.2) is 9.78 Å². The van der Waals surface area contributed by atoms with Crippen molar-refractivity contribution in [2.45, 2.75) is 32.4 Å². The van der Waals surface area contributed by atoms with Gasteiger partial charge in [0.15, 0.2) is 5.82 Å². The zero-order valence-electron chi connectivity index (χ0n) is 19.6. The van der Waals surface area contributed by atoms with E-state index in [9.17, 15) is 9.59 Å². The summed E-state index contributed by atoms with van der Waals surface area (Å²) in [5, 5.41) is 8.62. The van der Waals surface area contributed by atoms with Crippen LogP contribution >= 0.6 is 0 Å². The van der Waals surface area contributed by atoms with Gasteiger partial charge in [-0.15, -0.1) is 0 Å². The van der Waals surface area contributed by atoms with Gasteiger partial charge < -0.3 is 25.4 Å². The molecule has 2 heterocycles. The molecular weight excluding hydrogens is 416 g/mol. The smallest absolute Gasteiger partial charge is 0.319 e. The number of imidazole rings is 1. The maximum absolute atomic E-state index is 12.9. The normalized spacial score (nSPS) is 24.2. The molecule has 0 fully saturated rings. The molecule has 2 aliphatic carbocycles. The lowest BCUT2D eigenvalue weighted by atomic mass is 9.79. The molecule has 0 saturated heterocycles. The standard InChI is InChI=1S/C25H32N6O2/c1-16-20(18-14-22(29-25(33)26-2)23-27-12-13-31(23)15-18)6-5-7-21(16)28-24(32)17-8-10-19(11-9-17)30(3)4/h5,7-10,12-14,18-20H,6,11,15H2,1-4H3,(H,28,32)(H2,26,29,33). The second-order valence-electron chi connectivity index (χ2n) is 8.93. The van der Waals surface area contributed by atoms with E-state index in [0.717, 1.165) is 36.5 Å². The minimum atomic E-state index is -0.273. The summed E-state index contributed by atoms with van der Waals surface area (Å²) in [6, 6.07) is 0.0516. The molecule has 3 atom stereocenters. The Bertz CT molecular complexity index is 1090. The van der Waals surface area contributed by atoms with Crippen LogP contribution in [0.25, 0.3) is 5.70 Å². The Labute approximate surface area is 194 Å². The van der Waals surface area contributed by atoms with E-state index in [4.69, 9.17) is 0 Å². The molecule has 8 nitrogen and oxygen atoms in total. The number of nitrogens with one attached hydrogen (secondary N) is 3. The van der Waals surface area contributed by atoms with E-state index in [1.165, 1.54) is 0 Å². The first-order valence-electron chi connectivity index (χ1n) is 11.3. The number of urea groups is 1. The van der Waals surface area contributed by atoms with E-state index in [1.807, 2.05) is 38.5 Å². The highest BCUT2D eigenvalue weighted by Crippen LogP contribution is 2.36. The molecule has 1 aliphatic heterocycles. The number of amides is 3. The largest absolute Gasteiger partial charge is 0.341 e. The van der Waals surface area contributed by atoms with Crippen molar-refractivity contribution in [1.82, 2.24) is 30.4 Å². The molecule has 3 amide bonds. The van der Waals surface area contributed by atoms with Crippen LogP contribution in [0.3, 0.4) is 0 Å². The van der Waals surface area contributed by atoms with E-state index in [2.05, 4.69) is 55.6 Å². The Kier molecular flexibility index (Phi) is 6.65. The molecule has 1 aromatic heterocycles. The maximum atomic E-state index is 12.9. The number of rotatable bonds is 5. The minimum Gasteiger partial charge on any atom is -0.341 e. The van der Waals surface area contributed by atoms with Crippen molar-refractivity contribution in [3.05, 3.63) is 71.5 Å². The Morgan fingerprint density at radius 1 is 1.18 bits per heavy atom. The first-order valence-corrected chi connectivity index (χ1v) is 11.3. The third-order valence-corrected chi connectivity index (χ3v) is 6.64. The van der Waals surface area contributed by atoms with Crippen molar-refractivity contribution in [1.29, 1.82) is 0 Å². The van der Waals surface area contributed by atoms with Crippen molar-refractivity contribution < 1.29 is 9.59 Å². The minimum absolute atomic E-state index is 0.0823. The van der Waals surface area contributed by atoms with Crippen molar-refractivity contribution in [2.24, 2.45) is 11.8 Å². The summed E-state index contributed by atoms with van der Waals surface area (Å²) in [7, 11) is 5.67. The molecule has 174 valence electrons. The number of allylic oxidation sites excluding steroid dienone is 4. The topological polar surface area (TPSA) is 91.3 Å². The number of nitrogens with zero attached hydrogens (tertiary/aromatic N) is 3. The second kappa shape index (κ2) is 9.62. The van der Waals surface area contributed by atoms with Crippen molar-refractivity contribution >= 4 is 17.6 Å². The van der Waals surface area contributed by atoms with Gasteiger partial charge in [0.05, 0.1) is 5.70 Å². The van der Waals surface area contributed by atoms with Gasteiger partial charge in [0.25, 0.3) is 5.91 Å². The average Bonchev–Trinajstić information content (AvgIpc) is 3.29. The Hall–Kier alpha value is -3.39. The number of carbonyl (C=O) groups is 2. The van der Waals surface area contributed by atoms with Gasteiger partial charge in [0.1, 0.15) is 0 Å². The van der Waals surface area contributed by atoms with Gasteiger partial charge in [0.2, 0.25) is 0 Å². The van der Waals surface area contributed by atoms with Gasteiger partial charge in [-0.05, 0) is 51.4 Å². The Balaban J connectivity index is 1.52. The highest BCUT2D eigenvalue weighted by Gasteiger charge is 2.30. The molecule has 0 saturated carbocycles. The van der Waals surface area contributed by atoms with E-state index in [0.29, 0.717) is 17.3 Å². The van der Waals surface area contributed by atoms with Gasteiger partial charge in [0, 0.05) is 49.2 Å². The Morgan fingerprint density at radius 3 is 2.70 bits per heavy atom. The first kappa shape index (κ1) is 22.8. The highest BCUT2D eigenvalue weighted by molar-refractivity contribution is 5.97. The quantitative estimate of drug-likeness (QED) is 0.646. The van der Waals surface area contributed by atoms with Crippen LogP contribution in [0, 0.1) is 11.8 Å². The first-order chi connectivity index (χ1) is 15.9. The van der Waals surface area contributed by atoms with E-state index >= 15 is 0 Å². The van der Waals surface area contributed by atoms with Gasteiger partial charge in [-0.2, -0.15) is 0 Å². The molecule has 0 bridgehead atoms. The van der Waals surface area contributed by atoms with Crippen LogP contribution in [0.2, 0.25) is 0 Å². The molecule has 33 heavy (non-hydrogen) atoms. The molecule has 4 rings (SSSR count). The van der Waals surface area contributed by atoms with Crippen LogP contribution in [0.1, 0.15) is 25.6 Å². The van der Waals surface area contributed by atoms with E-state index < -0.39 is 0 Å². The molecule has 1 aromatic rings. The van der Waals surface area contributed by atoms with E-state index in [1.54, 1.807) is 13.2 Å². The molecule has 0 radical (unpaired) electrons.